The molecular formula is C19H26N2O3. The normalized spacial score (nSPS) is 34.5. The number of hydrogen-bond donors (Lipinski definition) is 1. The Labute approximate surface area is 143 Å². The molecular weight excluding hydrogens is 304 g/mol. The summed E-state index contributed by atoms with van der Waals surface area (Å²) in [5.41, 5.74) is 1.82. The summed E-state index contributed by atoms with van der Waals surface area (Å²) in [4.78, 5) is 15.7. The Bertz CT molecular complexity index is 664. The molecule has 0 aromatic rings. The highest BCUT2D eigenvalue weighted by molar-refractivity contribution is 5.68. The van der Waals surface area contributed by atoms with Crippen LogP contribution in [0.1, 0.15) is 51.4 Å². The van der Waals surface area contributed by atoms with E-state index in [1.165, 1.54) is 24.1 Å². The fraction of sp³-hybridized carbons (Fsp3) is 0.632. The minimum Gasteiger partial charge on any atom is -0.481 e. The van der Waals surface area contributed by atoms with Crippen LogP contribution in [0.3, 0.4) is 0 Å². The number of carbonyl (C=O) groups is 1. The van der Waals surface area contributed by atoms with Crippen molar-refractivity contribution in [2.75, 3.05) is 14.1 Å². The molecule has 3 heterocycles. The van der Waals surface area contributed by atoms with Gasteiger partial charge < -0.3 is 14.7 Å². The van der Waals surface area contributed by atoms with E-state index in [1.807, 2.05) is 19.0 Å². The van der Waals surface area contributed by atoms with E-state index in [0.717, 1.165) is 37.9 Å². The average Bonchev–Trinajstić information content (AvgIpc) is 2.87. The van der Waals surface area contributed by atoms with Gasteiger partial charge in [0.15, 0.2) is 5.72 Å². The number of allylic oxidation sites excluding steroid dienone is 3. The first-order valence-corrected chi connectivity index (χ1v) is 8.95. The molecule has 1 spiro atoms. The molecule has 4 aliphatic rings. The number of aliphatic carboxylic acids is 1. The highest BCUT2D eigenvalue weighted by Crippen LogP contribution is 2.62. The Kier molecular flexibility index (Phi) is 3.53. The minimum atomic E-state index is -0.800. The molecule has 5 heteroatoms. The molecule has 5 nitrogen and oxygen atoms in total. The standard InChI is InChI=1S/C19H26N2O3/c1-20(2)19(11-16(22)23)13-18-9-5-3-7-14(18)12-21-10-6-4-8-15(21)17(18)24-19/h6,10,12H,3-5,7-9,11,13H2,1-2H3,(H,22,23). The summed E-state index contributed by atoms with van der Waals surface area (Å²) >= 11 is 0. The molecule has 4 rings (SSSR count). The van der Waals surface area contributed by atoms with Crippen LogP contribution in [0.2, 0.25) is 0 Å². The largest absolute Gasteiger partial charge is 0.481 e. The van der Waals surface area contributed by atoms with Crippen LogP contribution in [-0.4, -0.2) is 40.7 Å². The van der Waals surface area contributed by atoms with Crippen molar-refractivity contribution in [1.29, 1.82) is 0 Å². The lowest BCUT2D eigenvalue weighted by Gasteiger charge is -2.43. The third-order valence-electron chi connectivity index (χ3n) is 6.14. The summed E-state index contributed by atoms with van der Waals surface area (Å²) in [6, 6.07) is 0. The number of hydrogen-bond acceptors (Lipinski definition) is 4. The topological polar surface area (TPSA) is 53.0 Å². The van der Waals surface area contributed by atoms with Crippen LogP contribution in [0, 0.1) is 5.41 Å². The van der Waals surface area contributed by atoms with Gasteiger partial charge in [0.25, 0.3) is 0 Å². The second kappa shape index (κ2) is 5.38. The van der Waals surface area contributed by atoms with Crippen molar-refractivity contribution in [3.63, 3.8) is 0 Å². The van der Waals surface area contributed by atoms with Gasteiger partial charge in [0, 0.05) is 18.8 Å². The molecule has 0 radical (unpaired) electrons. The van der Waals surface area contributed by atoms with Crippen molar-refractivity contribution in [2.24, 2.45) is 5.41 Å². The van der Waals surface area contributed by atoms with Crippen LogP contribution in [0.5, 0.6) is 0 Å². The van der Waals surface area contributed by atoms with Gasteiger partial charge in [-0.15, -0.1) is 0 Å². The Morgan fingerprint density at radius 1 is 1.38 bits per heavy atom. The van der Waals surface area contributed by atoms with Crippen LogP contribution >= 0.6 is 0 Å². The van der Waals surface area contributed by atoms with Gasteiger partial charge in [-0.3, -0.25) is 9.69 Å². The first-order valence-electron chi connectivity index (χ1n) is 8.95. The number of fused-ring (bicyclic) bond motifs is 1. The zero-order valence-electron chi connectivity index (χ0n) is 14.5. The molecule has 1 N–H and O–H groups in total. The Morgan fingerprint density at radius 3 is 2.96 bits per heavy atom. The van der Waals surface area contributed by atoms with Crippen LogP contribution < -0.4 is 0 Å². The van der Waals surface area contributed by atoms with Gasteiger partial charge in [-0.1, -0.05) is 12.5 Å². The first kappa shape index (κ1) is 15.8. The fourth-order valence-electron chi connectivity index (χ4n) is 4.89. The molecule has 130 valence electrons. The predicted molar refractivity (Wildman–Crippen MR) is 90.6 cm³/mol. The molecule has 3 aliphatic heterocycles. The van der Waals surface area contributed by atoms with E-state index in [1.54, 1.807) is 0 Å². The third kappa shape index (κ3) is 2.14. The highest BCUT2D eigenvalue weighted by atomic mass is 16.5. The average molecular weight is 330 g/mol. The Morgan fingerprint density at radius 2 is 2.21 bits per heavy atom. The highest BCUT2D eigenvalue weighted by Gasteiger charge is 2.60. The maximum absolute atomic E-state index is 11.6. The summed E-state index contributed by atoms with van der Waals surface area (Å²) in [6.07, 6.45) is 13.9. The molecule has 1 saturated heterocycles. The SMILES string of the molecule is CN(C)C1(CC(=O)O)CC23CCCCC2=CN2C=CCCC2=C3O1. The van der Waals surface area contributed by atoms with Gasteiger partial charge in [0.1, 0.15) is 5.76 Å². The van der Waals surface area contributed by atoms with Crippen molar-refractivity contribution < 1.29 is 14.6 Å². The predicted octanol–water partition coefficient (Wildman–Crippen LogP) is 3.42. The molecule has 0 bridgehead atoms. The van der Waals surface area contributed by atoms with E-state index in [0.29, 0.717) is 0 Å². The Balaban J connectivity index is 1.85. The molecule has 1 aliphatic carbocycles. The Hall–Kier alpha value is -1.75. The van der Waals surface area contributed by atoms with Crippen molar-refractivity contribution in [1.82, 2.24) is 9.80 Å². The second-order valence-corrected chi connectivity index (χ2v) is 7.74. The van der Waals surface area contributed by atoms with E-state index < -0.39 is 11.7 Å². The molecule has 2 fully saturated rings. The fourth-order valence-corrected chi connectivity index (χ4v) is 4.89. The maximum Gasteiger partial charge on any atom is 0.308 e. The van der Waals surface area contributed by atoms with Crippen molar-refractivity contribution >= 4 is 5.97 Å². The van der Waals surface area contributed by atoms with E-state index in [9.17, 15) is 9.90 Å². The van der Waals surface area contributed by atoms with E-state index in [4.69, 9.17) is 4.74 Å². The van der Waals surface area contributed by atoms with Gasteiger partial charge in [0.2, 0.25) is 0 Å². The van der Waals surface area contributed by atoms with Crippen LogP contribution in [-0.2, 0) is 9.53 Å². The van der Waals surface area contributed by atoms with Crippen molar-refractivity contribution in [3.8, 4) is 0 Å². The molecule has 0 aromatic carbocycles. The van der Waals surface area contributed by atoms with Crippen LogP contribution in [0.15, 0.2) is 35.5 Å². The smallest absolute Gasteiger partial charge is 0.308 e. The van der Waals surface area contributed by atoms with Gasteiger partial charge in [-0.2, -0.15) is 0 Å². The summed E-state index contributed by atoms with van der Waals surface area (Å²) in [7, 11) is 3.87. The zero-order valence-corrected chi connectivity index (χ0v) is 14.5. The number of carboxylic acids is 1. The maximum atomic E-state index is 11.6. The van der Waals surface area contributed by atoms with Gasteiger partial charge >= 0.3 is 5.97 Å². The lowest BCUT2D eigenvalue weighted by Crippen LogP contribution is -2.46. The lowest BCUT2D eigenvalue weighted by molar-refractivity contribution is -0.151. The number of rotatable bonds is 3. The summed E-state index contributed by atoms with van der Waals surface area (Å²) in [5, 5.41) is 9.49. The molecule has 1 saturated carbocycles. The van der Waals surface area contributed by atoms with Crippen LogP contribution in [0.25, 0.3) is 0 Å². The van der Waals surface area contributed by atoms with E-state index >= 15 is 0 Å². The van der Waals surface area contributed by atoms with Gasteiger partial charge in [0.05, 0.1) is 17.5 Å². The van der Waals surface area contributed by atoms with Crippen molar-refractivity contribution in [2.45, 2.75) is 57.1 Å². The van der Waals surface area contributed by atoms with E-state index in [2.05, 4.69) is 23.4 Å². The van der Waals surface area contributed by atoms with Gasteiger partial charge in [-0.25, -0.2) is 0 Å². The molecule has 24 heavy (non-hydrogen) atoms. The second-order valence-electron chi connectivity index (χ2n) is 7.74. The zero-order chi connectivity index (χ0) is 16.9. The van der Waals surface area contributed by atoms with E-state index in [-0.39, 0.29) is 11.8 Å². The van der Waals surface area contributed by atoms with Crippen LogP contribution in [0.4, 0.5) is 0 Å². The summed E-state index contributed by atoms with van der Waals surface area (Å²) < 4.78 is 6.56. The lowest BCUT2D eigenvalue weighted by atomic mass is 9.65. The molecule has 2 atom stereocenters. The molecule has 0 amide bonds. The number of ether oxygens (including phenoxy) is 1. The summed E-state index contributed by atoms with van der Waals surface area (Å²) in [5.74, 6) is 0.255. The number of nitrogens with zero attached hydrogens (tertiary/aromatic N) is 2. The minimum absolute atomic E-state index is 0.0155. The number of carboxylic acid groups (broad SMARTS) is 1. The van der Waals surface area contributed by atoms with Gasteiger partial charge in [-0.05, 0) is 51.8 Å². The summed E-state index contributed by atoms with van der Waals surface area (Å²) in [6.45, 7) is 0. The quantitative estimate of drug-likeness (QED) is 0.859. The molecule has 0 aromatic heterocycles. The first-order chi connectivity index (χ1) is 11.5. The monoisotopic (exact) mass is 330 g/mol. The van der Waals surface area contributed by atoms with Crippen molar-refractivity contribution in [3.05, 3.63) is 35.5 Å². The third-order valence-corrected chi connectivity index (χ3v) is 6.14. The molecule has 2 unspecified atom stereocenters.